The minimum Gasteiger partial charge on any atom is -0.459 e. The van der Waals surface area contributed by atoms with Crippen molar-refractivity contribution in [1.82, 2.24) is 0 Å². The van der Waals surface area contributed by atoms with Gasteiger partial charge in [-0.25, -0.2) is 4.79 Å². The molecule has 1 saturated carbocycles. The summed E-state index contributed by atoms with van der Waals surface area (Å²) in [6.07, 6.45) is 5.70. The molecule has 0 bridgehead atoms. The maximum atomic E-state index is 11.8. The molecule has 2 rings (SSSR count). The summed E-state index contributed by atoms with van der Waals surface area (Å²) in [4.78, 5) is 11.8. The Hall–Kier alpha value is -1.51. The smallest absolute Gasteiger partial charge is 0.338 e. The molecule has 0 aliphatic heterocycles. The molecule has 0 saturated heterocycles. The minimum absolute atomic E-state index is 0.110. The van der Waals surface area contributed by atoms with Crippen molar-refractivity contribution in [3.63, 3.8) is 0 Å². The molecule has 3 nitrogen and oxygen atoms in total. The summed E-state index contributed by atoms with van der Waals surface area (Å²) in [5, 5.41) is 0. The van der Waals surface area contributed by atoms with Crippen LogP contribution >= 0.6 is 0 Å². The molecule has 1 aliphatic rings. The molecular weight excluding hydrogens is 202 g/mol. The Balaban J connectivity index is 1.94. The molecule has 0 heterocycles. The number of carbonyl (C=O) groups is 1. The topological polar surface area (TPSA) is 52.3 Å². The number of hydrogen-bond donors (Lipinski definition) is 1. The molecule has 0 amide bonds. The average Bonchev–Trinajstić information content (AvgIpc) is 2.31. The van der Waals surface area contributed by atoms with Crippen LogP contribution in [-0.4, -0.2) is 12.1 Å². The highest BCUT2D eigenvalue weighted by Crippen LogP contribution is 2.21. The van der Waals surface area contributed by atoms with Gasteiger partial charge in [-0.2, -0.15) is 0 Å². The second kappa shape index (κ2) is 5.01. The first-order valence-corrected chi connectivity index (χ1v) is 5.82. The predicted octanol–water partition coefficient (Wildman–Crippen LogP) is 2.76. The second-order valence-corrected chi connectivity index (χ2v) is 4.29. The van der Waals surface area contributed by atoms with Crippen LogP contribution in [0.4, 0.5) is 5.69 Å². The van der Waals surface area contributed by atoms with Gasteiger partial charge in [0, 0.05) is 5.69 Å². The Morgan fingerprint density at radius 2 is 1.75 bits per heavy atom. The standard InChI is InChI=1S/C13H17NO2/c14-11-8-6-10(7-9-11)13(15)16-12-4-2-1-3-5-12/h6-9,12H,1-5,14H2. The lowest BCUT2D eigenvalue weighted by Gasteiger charge is -2.21. The van der Waals surface area contributed by atoms with E-state index in [9.17, 15) is 4.79 Å². The average molecular weight is 219 g/mol. The normalized spacial score (nSPS) is 17.0. The van der Waals surface area contributed by atoms with Gasteiger partial charge in [0.25, 0.3) is 0 Å². The quantitative estimate of drug-likeness (QED) is 0.614. The highest BCUT2D eigenvalue weighted by atomic mass is 16.5. The number of anilines is 1. The Kier molecular flexibility index (Phi) is 3.44. The minimum atomic E-state index is -0.230. The van der Waals surface area contributed by atoms with Gasteiger partial charge in [0.2, 0.25) is 0 Å². The van der Waals surface area contributed by atoms with E-state index in [1.54, 1.807) is 24.3 Å². The number of hydrogen-bond acceptors (Lipinski definition) is 3. The van der Waals surface area contributed by atoms with E-state index >= 15 is 0 Å². The van der Waals surface area contributed by atoms with Crippen molar-refractivity contribution in [1.29, 1.82) is 0 Å². The third-order valence-corrected chi connectivity index (χ3v) is 2.97. The first-order chi connectivity index (χ1) is 7.75. The number of rotatable bonds is 2. The fourth-order valence-corrected chi connectivity index (χ4v) is 2.02. The lowest BCUT2D eigenvalue weighted by Crippen LogP contribution is -2.20. The fourth-order valence-electron chi connectivity index (χ4n) is 2.02. The molecule has 0 radical (unpaired) electrons. The summed E-state index contributed by atoms with van der Waals surface area (Å²) < 4.78 is 5.44. The zero-order valence-electron chi connectivity index (χ0n) is 9.32. The van der Waals surface area contributed by atoms with Gasteiger partial charge < -0.3 is 10.5 Å². The van der Waals surface area contributed by atoms with Gasteiger partial charge >= 0.3 is 5.97 Å². The van der Waals surface area contributed by atoms with Gasteiger partial charge in [0.1, 0.15) is 6.10 Å². The van der Waals surface area contributed by atoms with E-state index in [1.807, 2.05) is 0 Å². The van der Waals surface area contributed by atoms with Crippen LogP contribution in [0.5, 0.6) is 0 Å². The van der Waals surface area contributed by atoms with E-state index in [-0.39, 0.29) is 12.1 Å². The molecule has 3 heteroatoms. The van der Waals surface area contributed by atoms with Crippen molar-refractivity contribution in [2.24, 2.45) is 0 Å². The van der Waals surface area contributed by atoms with Crippen LogP contribution < -0.4 is 5.73 Å². The van der Waals surface area contributed by atoms with Crippen molar-refractivity contribution in [2.45, 2.75) is 38.2 Å². The molecule has 1 aromatic rings. The third kappa shape index (κ3) is 2.75. The Bertz CT molecular complexity index is 353. The molecule has 0 atom stereocenters. The number of esters is 1. The van der Waals surface area contributed by atoms with Crippen LogP contribution in [0.3, 0.4) is 0 Å². The van der Waals surface area contributed by atoms with Crippen molar-refractivity contribution in [2.75, 3.05) is 5.73 Å². The zero-order valence-corrected chi connectivity index (χ0v) is 9.32. The molecule has 1 fully saturated rings. The Labute approximate surface area is 95.6 Å². The predicted molar refractivity (Wildman–Crippen MR) is 63.1 cm³/mol. The van der Waals surface area contributed by atoms with Crippen LogP contribution in [0, 0.1) is 0 Å². The summed E-state index contributed by atoms with van der Waals surface area (Å²) in [5.41, 5.74) is 6.80. The van der Waals surface area contributed by atoms with Crippen molar-refractivity contribution in [3.8, 4) is 0 Å². The monoisotopic (exact) mass is 219 g/mol. The SMILES string of the molecule is Nc1ccc(C(=O)OC2CCCCC2)cc1. The molecule has 2 N–H and O–H groups in total. The van der Waals surface area contributed by atoms with E-state index in [4.69, 9.17) is 10.5 Å². The summed E-state index contributed by atoms with van der Waals surface area (Å²) in [6, 6.07) is 6.86. The maximum absolute atomic E-state index is 11.8. The molecule has 0 spiro atoms. The second-order valence-electron chi connectivity index (χ2n) is 4.29. The van der Waals surface area contributed by atoms with Crippen molar-refractivity contribution < 1.29 is 9.53 Å². The molecular formula is C13H17NO2. The lowest BCUT2D eigenvalue weighted by molar-refractivity contribution is 0.0211. The number of carbonyl (C=O) groups excluding carboxylic acids is 1. The lowest BCUT2D eigenvalue weighted by atomic mass is 9.98. The van der Waals surface area contributed by atoms with Crippen LogP contribution in [0.15, 0.2) is 24.3 Å². The maximum Gasteiger partial charge on any atom is 0.338 e. The summed E-state index contributed by atoms with van der Waals surface area (Å²) in [7, 11) is 0. The van der Waals surface area contributed by atoms with Crippen LogP contribution in [0.2, 0.25) is 0 Å². The van der Waals surface area contributed by atoms with E-state index in [0.29, 0.717) is 11.3 Å². The zero-order chi connectivity index (χ0) is 11.4. The Morgan fingerprint density at radius 3 is 2.38 bits per heavy atom. The molecule has 0 aromatic heterocycles. The van der Waals surface area contributed by atoms with E-state index in [0.717, 1.165) is 12.8 Å². The van der Waals surface area contributed by atoms with Crippen LogP contribution in [0.1, 0.15) is 42.5 Å². The summed E-state index contributed by atoms with van der Waals surface area (Å²) >= 11 is 0. The van der Waals surface area contributed by atoms with Gasteiger partial charge in [0.05, 0.1) is 5.56 Å². The van der Waals surface area contributed by atoms with Crippen LogP contribution in [-0.2, 0) is 4.74 Å². The van der Waals surface area contributed by atoms with Gasteiger partial charge in [-0.05, 0) is 49.9 Å². The van der Waals surface area contributed by atoms with Crippen molar-refractivity contribution in [3.05, 3.63) is 29.8 Å². The highest BCUT2D eigenvalue weighted by molar-refractivity contribution is 5.89. The third-order valence-electron chi connectivity index (χ3n) is 2.97. The summed E-state index contributed by atoms with van der Waals surface area (Å²) in [5.74, 6) is -0.230. The molecule has 16 heavy (non-hydrogen) atoms. The molecule has 1 aromatic carbocycles. The fraction of sp³-hybridized carbons (Fsp3) is 0.462. The number of nitrogen functional groups attached to an aromatic ring is 1. The van der Waals surface area contributed by atoms with Gasteiger partial charge in [-0.3, -0.25) is 0 Å². The first kappa shape index (κ1) is 11.0. The van der Waals surface area contributed by atoms with Gasteiger partial charge in [-0.1, -0.05) is 6.42 Å². The number of benzene rings is 1. The van der Waals surface area contributed by atoms with E-state index in [1.165, 1.54) is 19.3 Å². The van der Waals surface area contributed by atoms with Crippen LogP contribution in [0.25, 0.3) is 0 Å². The Morgan fingerprint density at radius 1 is 1.12 bits per heavy atom. The van der Waals surface area contributed by atoms with Crippen molar-refractivity contribution >= 4 is 11.7 Å². The molecule has 86 valence electrons. The highest BCUT2D eigenvalue weighted by Gasteiger charge is 2.18. The summed E-state index contributed by atoms with van der Waals surface area (Å²) in [6.45, 7) is 0. The number of ether oxygens (including phenoxy) is 1. The first-order valence-electron chi connectivity index (χ1n) is 5.82. The molecule has 1 aliphatic carbocycles. The van der Waals surface area contributed by atoms with Gasteiger partial charge in [0.15, 0.2) is 0 Å². The van der Waals surface area contributed by atoms with Gasteiger partial charge in [-0.15, -0.1) is 0 Å². The molecule has 0 unspecified atom stereocenters. The van der Waals surface area contributed by atoms with E-state index < -0.39 is 0 Å². The number of nitrogens with two attached hydrogens (primary N) is 1. The largest absolute Gasteiger partial charge is 0.459 e. The van der Waals surface area contributed by atoms with E-state index in [2.05, 4.69) is 0 Å².